The van der Waals surface area contributed by atoms with E-state index in [1.807, 2.05) is 56.3 Å². The molecular weight excluding hydrogens is 376 g/mol. The van der Waals surface area contributed by atoms with Crippen LogP contribution >= 0.6 is 0 Å². The quantitative estimate of drug-likeness (QED) is 0.667. The summed E-state index contributed by atoms with van der Waals surface area (Å²) < 4.78 is 0. The number of rotatable bonds is 6. The molecule has 1 atom stereocenters. The van der Waals surface area contributed by atoms with Crippen molar-refractivity contribution in [1.82, 2.24) is 20.2 Å². The van der Waals surface area contributed by atoms with Crippen molar-refractivity contribution < 1.29 is 4.79 Å². The van der Waals surface area contributed by atoms with E-state index in [0.29, 0.717) is 5.82 Å². The third kappa shape index (κ3) is 4.50. The fraction of sp³-hybridized carbons (Fsp3) is 0.391. The number of anilines is 2. The molecule has 2 aromatic carbocycles. The lowest BCUT2D eigenvalue weighted by Gasteiger charge is -2.29. The van der Waals surface area contributed by atoms with Crippen molar-refractivity contribution >= 4 is 17.3 Å². The highest BCUT2D eigenvalue weighted by molar-refractivity contribution is 5.93. The Kier molecular flexibility index (Phi) is 6.07. The van der Waals surface area contributed by atoms with Gasteiger partial charge in [-0.3, -0.25) is 4.79 Å². The van der Waals surface area contributed by atoms with Crippen LogP contribution in [0.25, 0.3) is 11.4 Å². The van der Waals surface area contributed by atoms with E-state index in [2.05, 4.69) is 37.8 Å². The minimum Gasteiger partial charge on any atom is -0.372 e. The molecule has 0 spiro atoms. The second-order valence-corrected chi connectivity index (χ2v) is 8.07. The molecule has 3 aromatic rings. The Hall–Kier alpha value is -3.22. The van der Waals surface area contributed by atoms with Crippen LogP contribution in [0, 0.1) is 5.92 Å². The predicted octanol–water partition coefficient (Wildman–Crippen LogP) is 4.17. The third-order valence-electron chi connectivity index (χ3n) is 5.47. The Bertz CT molecular complexity index is 961. The number of hydrogen-bond donors (Lipinski definition) is 1. The highest BCUT2D eigenvalue weighted by Gasteiger charge is 2.27. The van der Waals surface area contributed by atoms with Crippen molar-refractivity contribution in [3.63, 3.8) is 0 Å². The maximum Gasteiger partial charge on any atom is 0.251 e. The number of nitrogens with zero attached hydrogens (tertiary/aromatic N) is 5. The number of carbonyl (C=O) groups excluding carboxylic acids is 1. The molecule has 1 aliphatic heterocycles. The molecule has 1 N–H and O–H groups in total. The van der Waals surface area contributed by atoms with E-state index >= 15 is 0 Å². The van der Waals surface area contributed by atoms with Gasteiger partial charge >= 0.3 is 0 Å². The molecule has 1 aliphatic rings. The van der Waals surface area contributed by atoms with E-state index in [4.69, 9.17) is 0 Å². The molecule has 156 valence electrons. The fourth-order valence-electron chi connectivity index (χ4n) is 3.84. The van der Waals surface area contributed by atoms with Crippen LogP contribution in [-0.2, 0) is 4.79 Å². The zero-order valence-electron chi connectivity index (χ0n) is 17.5. The Labute approximate surface area is 177 Å². The second-order valence-electron chi connectivity index (χ2n) is 8.07. The van der Waals surface area contributed by atoms with Gasteiger partial charge < -0.3 is 10.2 Å². The van der Waals surface area contributed by atoms with Crippen molar-refractivity contribution in [1.29, 1.82) is 0 Å². The summed E-state index contributed by atoms with van der Waals surface area (Å²) in [5, 5.41) is 15.8. The van der Waals surface area contributed by atoms with Crippen molar-refractivity contribution in [3.8, 4) is 11.4 Å². The van der Waals surface area contributed by atoms with Gasteiger partial charge in [0.1, 0.15) is 0 Å². The summed E-state index contributed by atoms with van der Waals surface area (Å²) >= 11 is 0. The minimum atomic E-state index is -0.545. The van der Waals surface area contributed by atoms with E-state index in [9.17, 15) is 4.79 Å². The van der Waals surface area contributed by atoms with Crippen LogP contribution in [0.1, 0.15) is 39.2 Å². The molecule has 0 saturated carbocycles. The number of amides is 1. The Morgan fingerprint density at radius 3 is 2.33 bits per heavy atom. The van der Waals surface area contributed by atoms with E-state index in [1.165, 1.54) is 29.7 Å². The van der Waals surface area contributed by atoms with Crippen LogP contribution in [0.3, 0.4) is 0 Å². The van der Waals surface area contributed by atoms with Crippen LogP contribution in [-0.4, -0.2) is 39.2 Å². The average Bonchev–Trinajstić information content (AvgIpc) is 3.25. The Morgan fingerprint density at radius 1 is 0.967 bits per heavy atom. The number of piperidine rings is 1. The molecule has 1 aromatic heterocycles. The zero-order valence-corrected chi connectivity index (χ0v) is 17.5. The fourth-order valence-corrected chi connectivity index (χ4v) is 3.84. The first-order valence-electron chi connectivity index (χ1n) is 10.6. The summed E-state index contributed by atoms with van der Waals surface area (Å²) in [6.45, 7) is 6.16. The third-order valence-corrected chi connectivity index (χ3v) is 5.47. The smallest absolute Gasteiger partial charge is 0.251 e. The molecule has 0 bridgehead atoms. The van der Waals surface area contributed by atoms with Crippen molar-refractivity contribution in [2.75, 3.05) is 23.3 Å². The summed E-state index contributed by atoms with van der Waals surface area (Å²) in [6.07, 6.45) is 3.79. The molecule has 1 unspecified atom stereocenters. The molecule has 2 heterocycles. The summed E-state index contributed by atoms with van der Waals surface area (Å²) in [5.74, 6) is 0.378. The first-order valence-corrected chi connectivity index (χ1v) is 10.6. The Morgan fingerprint density at radius 2 is 1.67 bits per heavy atom. The number of hydrogen-bond acceptors (Lipinski definition) is 5. The summed E-state index contributed by atoms with van der Waals surface area (Å²) in [4.78, 5) is 16.9. The number of nitrogens with one attached hydrogen (secondary N) is 1. The van der Waals surface area contributed by atoms with Gasteiger partial charge in [-0.2, -0.15) is 4.80 Å². The van der Waals surface area contributed by atoms with Crippen molar-refractivity contribution in [2.24, 2.45) is 5.92 Å². The van der Waals surface area contributed by atoms with Crippen molar-refractivity contribution in [3.05, 3.63) is 54.6 Å². The molecule has 4 rings (SSSR count). The van der Waals surface area contributed by atoms with E-state index < -0.39 is 6.04 Å². The largest absolute Gasteiger partial charge is 0.372 e. The van der Waals surface area contributed by atoms with Gasteiger partial charge in [-0.1, -0.05) is 44.2 Å². The number of aromatic nitrogens is 4. The maximum atomic E-state index is 13.0. The minimum absolute atomic E-state index is 0.00967. The van der Waals surface area contributed by atoms with Crippen molar-refractivity contribution in [2.45, 2.75) is 39.2 Å². The van der Waals surface area contributed by atoms with Gasteiger partial charge in [-0.25, -0.2) is 0 Å². The van der Waals surface area contributed by atoms with Gasteiger partial charge in [0.25, 0.3) is 5.91 Å². The molecule has 7 heteroatoms. The topological polar surface area (TPSA) is 75.9 Å². The first kappa shape index (κ1) is 20.1. The maximum absolute atomic E-state index is 13.0. The molecule has 7 nitrogen and oxygen atoms in total. The van der Waals surface area contributed by atoms with Gasteiger partial charge in [0.15, 0.2) is 6.04 Å². The molecule has 1 fully saturated rings. The lowest BCUT2D eigenvalue weighted by molar-refractivity contribution is -0.121. The molecule has 1 saturated heterocycles. The first-order chi connectivity index (χ1) is 14.6. The lowest BCUT2D eigenvalue weighted by Crippen LogP contribution is -2.31. The lowest BCUT2D eigenvalue weighted by atomic mass is 10.0. The monoisotopic (exact) mass is 404 g/mol. The van der Waals surface area contributed by atoms with Crippen LogP contribution in [0.15, 0.2) is 54.6 Å². The second kappa shape index (κ2) is 9.07. The van der Waals surface area contributed by atoms with Crippen LogP contribution in [0.2, 0.25) is 0 Å². The highest BCUT2D eigenvalue weighted by atomic mass is 16.2. The van der Waals surface area contributed by atoms with E-state index in [1.54, 1.807) is 0 Å². The van der Waals surface area contributed by atoms with Crippen LogP contribution in [0.5, 0.6) is 0 Å². The molecule has 0 aliphatic carbocycles. The number of tetrazole rings is 1. The number of carbonyl (C=O) groups is 1. The zero-order chi connectivity index (χ0) is 20.9. The van der Waals surface area contributed by atoms with Gasteiger partial charge in [-0.05, 0) is 54.7 Å². The number of benzene rings is 2. The van der Waals surface area contributed by atoms with Crippen LogP contribution < -0.4 is 10.2 Å². The molecule has 0 radical (unpaired) electrons. The summed E-state index contributed by atoms with van der Waals surface area (Å²) in [7, 11) is 0. The average molecular weight is 405 g/mol. The van der Waals surface area contributed by atoms with Gasteiger partial charge in [0.2, 0.25) is 5.82 Å². The van der Waals surface area contributed by atoms with Gasteiger partial charge in [0, 0.05) is 30.0 Å². The SMILES string of the molecule is CC(C)C(C(=O)Nc1ccc(N2CCCCC2)cc1)n1nnc(-c2ccccc2)n1. The summed E-state index contributed by atoms with van der Waals surface area (Å²) in [5.41, 5.74) is 2.85. The normalized spacial score (nSPS) is 15.2. The standard InChI is InChI=1S/C23H28N6O/c1-17(2)21(29-26-22(25-27-29)18-9-5-3-6-10-18)23(30)24-19-11-13-20(14-12-19)28-15-7-4-8-16-28/h3,5-6,9-14,17,21H,4,7-8,15-16H2,1-2H3,(H,24,30). The van der Waals surface area contributed by atoms with Crippen LogP contribution in [0.4, 0.5) is 11.4 Å². The predicted molar refractivity (Wildman–Crippen MR) is 118 cm³/mol. The van der Waals surface area contributed by atoms with E-state index in [-0.39, 0.29) is 11.8 Å². The Balaban J connectivity index is 1.47. The molecule has 1 amide bonds. The molecular formula is C23H28N6O. The highest BCUT2D eigenvalue weighted by Crippen LogP contribution is 2.24. The van der Waals surface area contributed by atoms with E-state index in [0.717, 1.165) is 24.3 Å². The summed E-state index contributed by atoms with van der Waals surface area (Å²) in [6, 6.07) is 17.2. The van der Waals surface area contributed by atoms with Gasteiger partial charge in [-0.15, -0.1) is 10.2 Å². The van der Waals surface area contributed by atoms with Gasteiger partial charge in [0.05, 0.1) is 0 Å². The molecule has 30 heavy (non-hydrogen) atoms.